The van der Waals surface area contributed by atoms with Crippen LogP contribution in [0.25, 0.3) is 0 Å². The van der Waals surface area contributed by atoms with E-state index >= 15 is 0 Å². The van der Waals surface area contributed by atoms with Crippen LogP contribution in [0.3, 0.4) is 0 Å². The van der Waals surface area contributed by atoms with Crippen LogP contribution in [0.2, 0.25) is 0 Å². The van der Waals surface area contributed by atoms with Gasteiger partial charge in [-0.05, 0) is 31.0 Å². The summed E-state index contributed by atoms with van der Waals surface area (Å²) in [7, 11) is 1.66. The summed E-state index contributed by atoms with van der Waals surface area (Å²) in [5.41, 5.74) is 1.22. The Labute approximate surface area is 205 Å². The molecule has 32 heavy (non-hydrogen) atoms. The number of nitrogens with one attached hydrogen (secondary N) is 2. The molecule has 2 atom stereocenters. The SMILES string of the molecule is COCc1nc2n(n1)CC(NC(=NCCc1ccco1)NC(C)c1ccccc1)CC2.I. The molecule has 1 aliphatic rings. The number of aliphatic imine (C=N–C) groups is 1. The van der Waals surface area contributed by atoms with Gasteiger partial charge in [0.15, 0.2) is 11.8 Å². The molecule has 0 spiro atoms. The number of rotatable bonds is 8. The molecule has 3 aromatic rings. The van der Waals surface area contributed by atoms with Crippen molar-refractivity contribution in [3.05, 3.63) is 71.7 Å². The summed E-state index contributed by atoms with van der Waals surface area (Å²) in [5, 5.41) is 11.7. The maximum atomic E-state index is 5.44. The number of ether oxygens (including phenoxy) is 1. The van der Waals surface area contributed by atoms with Gasteiger partial charge in [-0.3, -0.25) is 4.99 Å². The second-order valence-electron chi connectivity index (χ2n) is 7.78. The van der Waals surface area contributed by atoms with E-state index < -0.39 is 0 Å². The van der Waals surface area contributed by atoms with Crippen molar-refractivity contribution < 1.29 is 9.15 Å². The Morgan fingerprint density at radius 3 is 2.88 bits per heavy atom. The molecule has 0 saturated heterocycles. The minimum absolute atomic E-state index is 0. The quantitative estimate of drug-likeness (QED) is 0.254. The van der Waals surface area contributed by atoms with E-state index in [2.05, 4.69) is 51.9 Å². The number of guanidine groups is 1. The van der Waals surface area contributed by atoms with E-state index in [1.807, 2.05) is 22.9 Å². The van der Waals surface area contributed by atoms with Gasteiger partial charge in [0.1, 0.15) is 18.2 Å². The van der Waals surface area contributed by atoms with Crippen LogP contribution in [0.5, 0.6) is 0 Å². The Morgan fingerprint density at radius 1 is 1.28 bits per heavy atom. The first-order valence-corrected chi connectivity index (χ1v) is 10.8. The maximum Gasteiger partial charge on any atom is 0.192 e. The summed E-state index contributed by atoms with van der Waals surface area (Å²) >= 11 is 0. The maximum absolute atomic E-state index is 5.44. The highest BCUT2D eigenvalue weighted by atomic mass is 127. The highest BCUT2D eigenvalue weighted by Gasteiger charge is 2.23. The number of aryl methyl sites for hydroxylation is 1. The van der Waals surface area contributed by atoms with Crippen LogP contribution in [0.15, 0.2) is 58.1 Å². The van der Waals surface area contributed by atoms with E-state index in [1.54, 1.807) is 13.4 Å². The van der Waals surface area contributed by atoms with Gasteiger partial charge in [0.05, 0.1) is 18.8 Å². The monoisotopic (exact) mass is 550 g/mol. The van der Waals surface area contributed by atoms with Crippen LogP contribution in [0.1, 0.15) is 42.4 Å². The molecule has 0 saturated carbocycles. The third kappa shape index (κ3) is 6.55. The van der Waals surface area contributed by atoms with E-state index in [1.165, 1.54) is 5.56 Å². The average molecular weight is 550 g/mol. The number of aromatic nitrogens is 3. The van der Waals surface area contributed by atoms with Crippen molar-refractivity contribution in [2.45, 2.75) is 51.4 Å². The highest BCUT2D eigenvalue weighted by molar-refractivity contribution is 14.0. The van der Waals surface area contributed by atoms with Gasteiger partial charge in [-0.1, -0.05) is 30.3 Å². The lowest BCUT2D eigenvalue weighted by molar-refractivity contribution is 0.177. The van der Waals surface area contributed by atoms with Gasteiger partial charge in [-0.25, -0.2) is 9.67 Å². The van der Waals surface area contributed by atoms with Crippen molar-refractivity contribution >= 4 is 29.9 Å². The van der Waals surface area contributed by atoms with Crippen molar-refractivity contribution in [1.29, 1.82) is 0 Å². The van der Waals surface area contributed by atoms with Gasteiger partial charge in [-0.2, -0.15) is 5.10 Å². The zero-order valence-corrected chi connectivity index (χ0v) is 20.9. The van der Waals surface area contributed by atoms with Crippen molar-refractivity contribution in [2.75, 3.05) is 13.7 Å². The third-order valence-corrected chi connectivity index (χ3v) is 5.38. The Kier molecular flexibility index (Phi) is 9.10. The molecular weight excluding hydrogens is 519 g/mol. The molecule has 0 fully saturated rings. The number of hydrogen-bond donors (Lipinski definition) is 2. The van der Waals surface area contributed by atoms with E-state index in [0.717, 1.165) is 49.2 Å². The summed E-state index contributed by atoms with van der Waals surface area (Å²) in [4.78, 5) is 9.38. The molecule has 0 bridgehead atoms. The summed E-state index contributed by atoms with van der Waals surface area (Å²) in [5.74, 6) is 3.50. The largest absolute Gasteiger partial charge is 0.469 e. The number of hydrogen-bond acceptors (Lipinski definition) is 5. The smallest absolute Gasteiger partial charge is 0.192 e. The first-order chi connectivity index (χ1) is 15.2. The van der Waals surface area contributed by atoms with Crippen LogP contribution in [-0.4, -0.2) is 40.4 Å². The van der Waals surface area contributed by atoms with E-state index in [-0.39, 0.29) is 36.1 Å². The fourth-order valence-corrected chi connectivity index (χ4v) is 3.76. The molecule has 4 rings (SSSR count). The number of nitrogens with zero attached hydrogens (tertiary/aromatic N) is 4. The van der Waals surface area contributed by atoms with Crippen LogP contribution >= 0.6 is 24.0 Å². The molecule has 2 N–H and O–H groups in total. The van der Waals surface area contributed by atoms with Crippen molar-refractivity contribution in [3.8, 4) is 0 Å². The average Bonchev–Trinajstić information content (AvgIpc) is 3.43. The summed E-state index contributed by atoms with van der Waals surface area (Å²) < 4.78 is 12.6. The Balaban J connectivity index is 0.00000289. The lowest BCUT2D eigenvalue weighted by Crippen LogP contribution is -2.47. The zero-order valence-electron chi connectivity index (χ0n) is 18.5. The van der Waals surface area contributed by atoms with Crippen molar-refractivity contribution in [1.82, 2.24) is 25.4 Å². The van der Waals surface area contributed by atoms with E-state index in [0.29, 0.717) is 13.2 Å². The predicted molar refractivity (Wildman–Crippen MR) is 134 cm³/mol. The summed E-state index contributed by atoms with van der Waals surface area (Å²) in [6, 6.07) is 14.6. The molecule has 2 unspecified atom stereocenters. The van der Waals surface area contributed by atoms with E-state index in [4.69, 9.17) is 14.1 Å². The van der Waals surface area contributed by atoms with Crippen LogP contribution in [0.4, 0.5) is 0 Å². The van der Waals surface area contributed by atoms with Gasteiger partial charge in [0.25, 0.3) is 0 Å². The topological polar surface area (TPSA) is 89.5 Å². The van der Waals surface area contributed by atoms with Crippen LogP contribution < -0.4 is 10.6 Å². The molecule has 2 aromatic heterocycles. The molecule has 1 aromatic carbocycles. The molecule has 0 aliphatic carbocycles. The third-order valence-electron chi connectivity index (χ3n) is 5.38. The number of fused-ring (bicyclic) bond motifs is 1. The molecule has 172 valence electrons. The molecule has 8 nitrogen and oxygen atoms in total. The summed E-state index contributed by atoms with van der Waals surface area (Å²) in [6.45, 7) is 3.98. The first kappa shape index (κ1) is 24.2. The molecule has 9 heteroatoms. The van der Waals surface area contributed by atoms with Gasteiger partial charge in [0, 0.05) is 32.5 Å². The number of furan rings is 1. The van der Waals surface area contributed by atoms with Crippen LogP contribution in [-0.2, 0) is 30.7 Å². The lowest BCUT2D eigenvalue weighted by Gasteiger charge is -2.27. The molecule has 0 amide bonds. The number of methoxy groups -OCH3 is 1. The van der Waals surface area contributed by atoms with Crippen LogP contribution in [0, 0.1) is 0 Å². The van der Waals surface area contributed by atoms with Crippen molar-refractivity contribution in [2.24, 2.45) is 4.99 Å². The lowest BCUT2D eigenvalue weighted by atomic mass is 10.1. The highest BCUT2D eigenvalue weighted by Crippen LogP contribution is 2.15. The fourth-order valence-electron chi connectivity index (χ4n) is 3.76. The molecular formula is C23H31IN6O2. The fraction of sp³-hybridized carbons (Fsp3) is 0.435. The molecule has 3 heterocycles. The minimum atomic E-state index is 0. The number of halogens is 1. The summed E-state index contributed by atoms with van der Waals surface area (Å²) in [6.07, 6.45) is 4.31. The normalized spacial score (nSPS) is 16.7. The minimum Gasteiger partial charge on any atom is -0.469 e. The molecule has 1 aliphatic heterocycles. The second kappa shape index (κ2) is 12.0. The van der Waals surface area contributed by atoms with Gasteiger partial charge >= 0.3 is 0 Å². The van der Waals surface area contributed by atoms with E-state index in [9.17, 15) is 0 Å². The Hall–Kier alpha value is -2.40. The standard InChI is InChI=1S/C23H30N6O2.HI/c1-17(18-7-4-3-5-8-18)25-23(24-13-12-20-9-6-14-31-20)26-19-10-11-22-27-21(16-30-2)28-29(22)15-19;/h3-9,14,17,19H,10-13,15-16H2,1-2H3,(H2,24,25,26);1H. The zero-order chi connectivity index (χ0) is 21.5. The van der Waals surface area contributed by atoms with Gasteiger partial charge in [-0.15, -0.1) is 24.0 Å². The number of benzene rings is 1. The first-order valence-electron chi connectivity index (χ1n) is 10.8. The second-order valence-corrected chi connectivity index (χ2v) is 7.78. The predicted octanol–water partition coefficient (Wildman–Crippen LogP) is 3.49. The van der Waals surface area contributed by atoms with Crippen molar-refractivity contribution in [3.63, 3.8) is 0 Å². The Bertz CT molecular complexity index is 974. The van der Waals surface area contributed by atoms with Gasteiger partial charge in [0.2, 0.25) is 0 Å². The molecule has 0 radical (unpaired) electrons. The van der Waals surface area contributed by atoms with Gasteiger partial charge < -0.3 is 19.8 Å². The Morgan fingerprint density at radius 2 is 2.12 bits per heavy atom.